The molecule has 20 heavy (non-hydrogen) atoms. The van der Waals surface area contributed by atoms with E-state index in [4.69, 9.17) is 10.2 Å². The third-order valence-corrected chi connectivity index (χ3v) is 3.69. The molecule has 3 rings (SSSR count). The molecule has 3 nitrogen and oxygen atoms in total. The first-order valence-electron chi connectivity index (χ1n) is 7.00. The minimum atomic E-state index is -0.210. The van der Waals surface area contributed by atoms with Crippen molar-refractivity contribution in [3.8, 4) is 0 Å². The van der Waals surface area contributed by atoms with Crippen LogP contribution >= 0.6 is 0 Å². The van der Waals surface area contributed by atoms with Crippen molar-refractivity contribution in [3.63, 3.8) is 0 Å². The van der Waals surface area contributed by atoms with Gasteiger partial charge >= 0.3 is 0 Å². The first-order valence-corrected chi connectivity index (χ1v) is 7.00. The number of furan rings is 1. The Kier molecular flexibility index (Phi) is 3.49. The smallest absolute Gasteiger partial charge is 0.146 e. The van der Waals surface area contributed by atoms with Crippen molar-refractivity contribution in [1.82, 2.24) is 0 Å². The van der Waals surface area contributed by atoms with Crippen LogP contribution in [0.5, 0.6) is 0 Å². The van der Waals surface area contributed by atoms with E-state index in [2.05, 4.69) is 4.90 Å². The van der Waals surface area contributed by atoms with Gasteiger partial charge in [0.05, 0.1) is 18.5 Å². The fourth-order valence-corrected chi connectivity index (χ4v) is 2.55. The second-order valence-electron chi connectivity index (χ2n) is 5.40. The molecule has 0 bridgehead atoms. The summed E-state index contributed by atoms with van der Waals surface area (Å²) in [4.78, 5) is 2.09. The third-order valence-electron chi connectivity index (χ3n) is 3.69. The molecule has 0 radical (unpaired) electrons. The molecule has 1 atom stereocenters. The van der Waals surface area contributed by atoms with Gasteiger partial charge in [0, 0.05) is 12.1 Å². The lowest BCUT2D eigenvalue weighted by Crippen LogP contribution is -2.28. The third kappa shape index (κ3) is 2.56. The van der Waals surface area contributed by atoms with Crippen molar-refractivity contribution >= 4 is 5.69 Å². The predicted octanol–water partition coefficient (Wildman–Crippen LogP) is 3.61. The average molecular weight is 274 g/mol. The van der Waals surface area contributed by atoms with Gasteiger partial charge in [0.25, 0.3) is 0 Å². The lowest BCUT2D eigenvalue weighted by Gasteiger charge is -2.28. The molecule has 2 aromatic rings. The van der Waals surface area contributed by atoms with Crippen molar-refractivity contribution in [2.24, 2.45) is 5.73 Å². The van der Waals surface area contributed by atoms with E-state index in [1.165, 1.54) is 6.07 Å². The summed E-state index contributed by atoms with van der Waals surface area (Å²) in [5.74, 6) is 0.633. The van der Waals surface area contributed by atoms with Crippen LogP contribution in [0.2, 0.25) is 0 Å². The summed E-state index contributed by atoms with van der Waals surface area (Å²) < 4.78 is 19.8. The van der Waals surface area contributed by atoms with Crippen LogP contribution in [-0.4, -0.2) is 6.04 Å². The van der Waals surface area contributed by atoms with Crippen molar-refractivity contribution in [3.05, 3.63) is 53.7 Å². The van der Waals surface area contributed by atoms with Crippen LogP contribution in [-0.2, 0) is 6.54 Å². The molecule has 1 saturated carbocycles. The van der Waals surface area contributed by atoms with E-state index >= 15 is 0 Å². The molecule has 1 fully saturated rings. The van der Waals surface area contributed by atoms with Gasteiger partial charge in [0.1, 0.15) is 11.6 Å². The Balaban J connectivity index is 1.99. The lowest BCUT2D eigenvalue weighted by atomic mass is 10.0. The minimum absolute atomic E-state index is 0.196. The Bertz CT molecular complexity index is 576. The molecule has 1 unspecified atom stereocenters. The zero-order valence-corrected chi connectivity index (χ0v) is 11.6. The first-order chi connectivity index (χ1) is 9.66. The van der Waals surface area contributed by atoms with Crippen LogP contribution in [0.1, 0.15) is 37.1 Å². The zero-order chi connectivity index (χ0) is 14.1. The molecule has 106 valence electrons. The predicted molar refractivity (Wildman–Crippen MR) is 76.9 cm³/mol. The maximum Gasteiger partial charge on any atom is 0.146 e. The first kappa shape index (κ1) is 13.2. The van der Waals surface area contributed by atoms with Gasteiger partial charge in [-0.2, -0.15) is 0 Å². The average Bonchev–Trinajstić information content (AvgIpc) is 3.13. The Morgan fingerprint density at radius 2 is 2.15 bits per heavy atom. The van der Waals surface area contributed by atoms with Gasteiger partial charge in [-0.15, -0.1) is 0 Å². The van der Waals surface area contributed by atoms with Gasteiger partial charge in [-0.25, -0.2) is 4.39 Å². The summed E-state index contributed by atoms with van der Waals surface area (Å²) in [6, 6.07) is 9.08. The summed E-state index contributed by atoms with van der Waals surface area (Å²) in [7, 11) is 0. The molecule has 2 N–H and O–H groups in total. The van der Waals surface area contributed by atoms with E-state index in [-0.39, 0.29) is 11.9 Å². The van der Waals surface area contributed by atoms with E-state index < -0.39 is 0 Å². The van der Waals surface area contributed by atoms with E-state index in [1.54, 1.807) is 12.3 Å². The molecule has 1 aliphatic rings. The fourth-order valence-electron chi connectivity index (χ4n) is 2.55. The maximum atomic E-state index is 14.3. The highest BCUT2D eigenvalue weighted by Crippen LogP contribution is 2.38. The number of para-hydroxylation sites is 1. The standard InChI is InChI=1S/C16H19FN2O/c1-11(18)14-5-2-6-15(17)16(14)19(12-7-8-12)10-13-4-3-9-20-13/h2-6,9,11-12H,7-8,10,18H2,1H3. The summed E-state index contributed by atoms with van der Waals surface area (Å²) >= 11 is 0. The number of benzene rings is 1. The highest BCUT2D eigenvalue weighted by Gasteiger charge is 2.33. The van der Waals surface area contributed by atoms with Crippen molar-refractivity contribution in [1.29, 1.82) is 0 Å². The number of nitrogens with two attached hydrogens (primary N) is 1. The van der Waals surface area contributed by atoms with Gasteiger partial charge in [0.15, 0.2) is 0 Å². The zero-order valence-electron chi connectivity index (χ0n) is 11.6. The molecule has 1 heterocycles. The summed E-state index contributed by atoms with van der Waals surface area (Å²) in [5, 5.41) is 0. The molecule has 0 amide bonds. The van der Waals surface area contributed by atoms with Crippen molar-refractivity contribution < 1.29 is 8.81 Å². The molecule has 4 heteroatoms. The summed E-state index contributed by atoms with van der Waals surface area (Å²) in [6.07, 6.45) is 3.83. The molecular formula is C16H19FN2O. The van der Waals surface area contributed by atoms with Crippen LogP contribution in [0, 0.1) is 5.82 Å². The normalized spacial score (nSPS) is 16.1. The van der Waals surface area contributed by atoms with Crippen LogP contribution < -0.4 is 10.6 Å². The quantitative estimate of drug-likeness (QED) is 0.905. The number of hydrogen-bond acceptors (Lipinski definition) is 3. The largest absolute Gasteiger partial charge is 0.467 e. The van der Waals surface area contributed by atoms with Gasteiger partial charge in [-0.05, 0) is 43.5 Å². The van der Waals surface area contributed by atoms with Crippen molar-refractivity contribution in [2.75, 3.05) is 4.90 Å². The topological polar surface area (TPSA) is 42.4 Å². The second kappa shape index (κ2) is 5.29. The number of rotatable bonds is 5. The Morgan fingerprint density at radius 3 is 2.75 bits per heavy atom. The highest BCUT2D eigenvalue weighted by atomic mass is 19.1. The molecule has 1 aromatic heterocycles. The molecule has 1 aliphatic carbocycles. The number of anilines is 1. The Morgan fingerprint density at radius 1 is 1.35 bits per heavy atom. The van der Waals surface area contributed by atoms with Gasteiger partial charge in [0.2, 0.25) is 0 Å². The molecular weight excluding hydrogens is 255 g/mol. The number of hydrogen-bond donors (Lipinski definition) is 1. The van der Waals surface area contributed by atoms with Crippen molar-refractivity contribution in [2.45, 2.75) is 38.4 Å². The van der Waals surface area contributed by atoms with Gasteiger partial charge in [-0.1, -0.05) is 12.1 Å². The van der Waals surface area contributed by atoms with Crippen LogP contribution in [0.25, 0.3) is 0 Å². The van der Waals surface area contributed by atoms with Crippen LogP contribution in [0.15, 0.2) is 41.0 Å². The SMILES string of the molecule is CC(N)c1cccc(F)c1N(Cc1ccco1)C1CC1. The fraction of sp³-hybridized carbons (Fsp3) is 0.375. The van der Waals surface area contributed by atoms with E-state index in [0.29, 0.717) is 18.3 Å². The van der Waals surface area contributed by atoms with Gasteiger partial charge in [-0.3, -0.25) is 0 Å². The Hall–Kier alpha value is -1.81. The molecule has 0 saturated heterocycles. The highest BCUT2D eigenvalue weighted by molar-refractivity contribution is 5.57. The van der Waals surface area contributed by atoms with Gasteiger partial charge < -0.3 is 15.1 Å². The van der Waals surface area contributed by atoms with E-state index in [1.807, 2.05) is 25.1 Å². The molecule has 0 spiro atoms. The monoisotopic (exact) mass is 274 g/mol. The van der Waals surface area contributed by atoms with E-state index in [0.717, 1.165) is 24.2 Å². The van der Waals surface area contributed by atoms with E-state index in [9.17, 15) is 4.39 Å². The number of nitrogens with zero attached hydrogens (tertiary/aromatic N) is 1. The maximum absolute atomic E-state index is 14.3. The number of halogens is 1. The Labute approximate surface area is 118 Å². The summed E-state index contributed by atoms with van der Waals surface area (Å²) in [5.41, 5.74) is 7.48. The van der Waals surface area contributed by atoms with Crippen LogP contribution in [0.3, 0.4) is 0 Å². The second-order valence-corrected chi connectivity index (χ2v) is 5.40. The molecule has 0 aliphatic heterocycles. The lowest BCUT2D eigenvalue weighted by molar-refractivity contribution is 0.497. The summed E-state index contributed by atoms with van der Waals surface area (Å²) in [6.45, 7) is 2.47. The molecule has 1 aromatic carbocycles. The van der Waals surface area contributed by atoms with Crippen LogP contribution in [0.4, 0.5) is 10.1 Å². The minimum Gasteiger partial charge on any atom is -0.467 e.